The molecule has 126 valence electrons. The highest BCUT2D eigenvalue weighted by Gasteiger charge is 2.16. The quantitative estimate of drug-likeness (QED) is 0.720. The van der Waals surface area contributed by atoms with Crippen molar-refractivity contribution in [3.63, 3.8) is 0 Å². The molecule has 25 heavy (non-hydrogen) atoms. The number of aromatic hydroxyl groups is 1. The molecule has 0 saturated heterocycles. The predicted octanol–water partition coefficient (Wildman–Crippen LogP) is 2.89. The largest absolute Gasteiger partial charge is 0.503 e. The molecule has 0 bridgehead atoms. The van der Waals surface area contributed by atoms with E-state index in [4.69, 9.17) is 10.00 Å². The first kappa shape index (κ1) is 16.6. The van der Waals surface area contributed by atoms with Crippen LogP contribution in [-0.4, -0.2) is 32.4 Å². The lowest BCUT2D eigenvalue weighted by Crippen LogP contribution is -2.04. The van der Waals surface area contributed by atoms with Crippen LogP contribution < -0.4 is 0 Å². The Labute approximate surface area is 145 Å². The molecule has 0 amide bonds. The van der Waals surface area contributed by atoms with Gasteiger partial charge in [-0.15, -0.1) is 11.3 Å². The van der Waals surface area contributed by atoms with Gasteiger partial charge < -0.3 is 9.84 Å². The first-order valence-corrected chi connectivity index (χ1v) is 8.02. The van der Waals surface area contributed by atoms with E-state index in [1.165, 1.54) is 34.5 Å². The number of aromatic nitrogens is 3. The van der Waals surface area contributed by atoms with Crippen LogP contribution in [0.4, 0.5) is 4.39 Å². The van der Waals surface area contributed by atoms with Gasteiger partial charge in [-0.05, 0) is 19.1 Å². The molecule has 0 saturated carbocycles. The summed E-state index contributed by atoms with van der Waals surface area (Å²) in [6, 6.07) is 4.08. The molecule has 3 aromatic rings. The van der Waals surface area contributed by atoms with E-state index >= 15 is 0 Å². The smallest absolute Gasteiger partial charge is 0.357 e. The molecule has 0 aliphatic rings. The van der Waals surface area contributed by atoms with E-state index in [2.05, 4.69) is 10.1 Å². The van der Waals surface area contributed by atoms with Crippen LogP contribution in [0.1, 0.15) is 23.0 Å². The zero-order chi connectivity index (χ0) is 18.0. The van der Waals surface area contributed by atoms with Gasteiger partial charge in [-0.3, -0.25) is 0 Å². The van der Waals surface area contributed by atoms with Gasteiger partial charge in [0.05, 0.1) is 24.4 Å². The van der Waals surface area contributed by atoms with Crippen LogP contribution in [0.15, 0.2) is 29.9 Å². The Hall–Kier alpha value is -3.25. The summed E-state index contributed by atoms with van der Waals surface area (Å²) in [5.74, 6) is -2.04. The lowest BCUT2D eigenvalue weighted by atomic mass is 10.2. The number of hydrogen-bond donors (Lipinski definition) is 1. The molecule has 0 aliphatic heterocycles. The number of carbonyl (C=O) groups excluding carboxylic acids is 1. The molecule has 0 spiro atoms. The van der Waals surface area contributed by atoms with Crippen LogP contribution in [0, 0.1) is 17.1 Å². The fourth-order valence-corrected chi connectivity index (χ4v) is 2.86. The highest BCUT2D eigenvalue weighted by molar-refractivity contribution is 7.13. The molecular formula is C16H11FN4O3S. The maximum absolute atomic E-state index is 13.7. The van der Waals surface area contributed by atoms with Crippen molar-refractivity contribution in [1.29, 1.82) is 5.26 Å². The first-order chi connectivity index (χ1) is 12.0. The number of hydrogen-bond acceptors (Lipinski definition) is 7. The van der Waals surface area contributed by atoms with Crippen molar-refractivity contribution in [2.75, 3.05) is 6.61 Å². The van der Waals surface area contributed by atoms with Gasteiger partial charge in [-0.25, -0.2) is 18.9 Å². The molecule has 2 heterocycles. The van der Waals surface area contributed by atoms with Crippen molar-refractivity contribution in [1.82, 2.24) is 14.8 Å². The van der Waals surface area contributed by atoms with E-state index < -0.39 is 17.5 Å². The number of rotatable bonds is 4. The van der Waals surface area contributed by atoms with E-state index in [1.807, 2.05) is 6.07 Å². The Morgan fingerprint density at radius 2 is 2.32 bits per heavy atom. The zero-order valence-corrected chi connectivity index (χ0v) is 13.7. The van der Waals surface area contributed by atoms with Crippen LogP contribution in [0.5, 0.6) is 5.75 Å². The van der Waals surface area contributed by atoms with Crippen molar-refractivity contribution in [3.8, 4) is 28.1 Å². The summed E-state index contributed by atoms with van der Waals surface area (Å²) in [6.07, 6.45) is 2.98. The van der Waals surface area contributed by atoms with Crippen LogP contribution in [-0.2, 0) is 4.74 Å². The van der Waals surface area contributed by atoms with Crippen LogP contribution >= 0.6 is 11.3 Å². The van der Waals surface area contributed by atoms with Gasteiger partial charge in [0.1, 0.15) is 10.7 Å². The molecule has 0 atom stereocenters. The standard InChI is InChI=1S/C16H11FN4O3S/c1-2-24-16(23)12-8-25-15(20-12)10-6-19-21(7-10)13-4-9(5-18)3-11(17)14(13)22/h3-4,6-8,22H,2H2,1H3. The minimum absolute atomic E-state index is 0.0324. The van der Waals surface area contributed by atoms with Crippen LogP contribution in [0.3, 0.4) is 0 Å². The van der Waals surface area contributed by atoms with Crippen molar-refractivity contribution in [2.24, 2.45) is 0 Å². The Balaban J connectivity index is 1.95. The molecule has 9 heteroatoms. The molecule has 0 radical (unpaired) electrons. The van der Waals surface area contributed by atoms with Crippen molar-refractivity contribution in [3.05, 3.63) is 47.0 Å². The minimum atomic E-state index is -0.912. The zero-order valence-electron chi connectivity index (χ0n) is 12.9. The summed E-state index contributed by atoms with van der Waals surface area (Å²) < 4.78 is 19.8. The molecule has 0 fully saturated rings. The monoisotopic (exact) mass is 358 g/mol. The molecule has 7 nitrogen and oxygen atoms in total. The number of carbonyl (C=O) groups is 1. The first-order valence-electron chi connectivity index (χ1n) is 7.14. The van der Waals surface area contributed by atoms with E-state index in [0.29, 0.717) is 10.6 Å². The summed E-state index contributed by atoms with van der Waals surface area (Å²) in [7, 11) is 0. The van der Waals surface area contributed by atoms with E-state index in [9.17, 15) is 14.3 Å². The molecule has 0 aliphatic carbocycles. The molecule has 1 aromatic carbocycles. The summed E-state index contributed by atoms with van der Waals surface area (Å²) in [4.78, 5) is 15.8. The van der Waals surface area contributed by atoms with E-state index in [1.54, 1.807) is 12.3 Å². The fourth-order valence-electron chi connectivity index (χ4n) is 2.09. The second kappa shape index (κ2) is 6.70. The number of ether oxygens (including phenoxy) is 1. The molecule has 2 aromatic heterocycles. The van der Waals surface area contributed by atoms with Gasteiger partial charge in [0, 0.05) is 17.1 Å². The Bertz CT molecular complexity index is 990. The Kier molecular flexibility index (Phi) is 4.45. The van der Waals surface area contributed by atoms with Gasteiger partial charge in [0.25, 0.3) is 0 Å². The van der Waals surface area contributed by atoms with Gasteiger partial charge in [0.15, 0.2) is 17.3 Å². The Morgan fingerprint density at radius 3 is 3.04 bits per heavy atom. The number of phenols is 1. The van der Waals surface area contributed by atoms with Gasteiger partial charge in [-0.1, -0.05) is 0 Å². The van der Waals surface area contributed by atoms with Gasteiger partial charge in [0.2, 0.25) is 0 Å². The van der Waals surface area contributed by atoms with Crippen molar-refractivity contribution in [2.45, 2.75) is 6.92 Å². The molecule has 1 N–H and O–H groups in total. The maximum atomic E-state index is 13.7. The van der Waals surface area contributed by atoms with E-state index in [-0.39, 0.29) is 23.6 Å². The van der Waals surface area contributed by atoms with Crippen molar-refractivity contribution >= 4 is 17.3 Å². The average Bonchev–Trinajstić information content (AvgIpc) is 3.26. The average molecular weight is 358 g/mol. The highest BCUT2D eigenvalue weighted by Crippen LogP contribution is 2.29. The Morgan fingerprint density at radius 1 is 1.52 bits per heavy atom. The second-order valence-corrected chi connectivity index (χ2v) is 5.73. The maximum Gasteiger partial charge on any atom is 0.357 e. The second-order valence-electron chi connectivity index (χ2n) is 4.87. The normalized spacial score (nSPS) is 10.4. The molecule has 0 unspecified atom stereocenters. The lowest BCUT2D eigenvalue weighted by Gasteiger charge is -2.05. The number of phenolic OH excluding ortho intramolecular Hbond substituents is 1. The van der Waals surface area contributed by atoms with Gasteiger partial charge in [-0.2, -0.15) is 10.4 Å². The third-order valence-electron chi connectivity index (χ3n) is 3.24. The number of nitriles is 1. The summed E-state index contributed by atoms with van der Waals surface area (Å²) >= 11 is 1.23. The molecular weight excluding hydrogens is 347 g/mol. The van der Waals surface area contributed by atoms with Crippen LogP contribution in [0.25, 0.3) is 16.3 Å². The lowest BCUT2D eigenvalue weighted by molar-refractivity contribution is 0.0520. The number of halogens is 1. The minimum Gasteiger partial charge on any atom is -0.503 e. The third kappa shape index (κ3) is 3.20. The topological polar surface area (TPSA) is 101 Å². The SMILES string of the molecule is CCOC(=O)c1csc(-c2cnn(-c3cc(C#N)cc(F)c3O)c2)n1. The highest BCUT2D eigenvalue weighted by atomic mass is 32.1. The third-order valence-corrected chi connectivity index (χ3v) is 4.13. The predicted molar refractivity (Wildman–Crippen MR) is 87.0 cm³/mol. The number of nitrogens with zero attached hydrogens (tertiary/aromatic N) is 4. The van der Waals surface area contributed by atoms with E-state index in [0.717, 1.165) is 6.07 Å². The summed E-state index contributed by atoms with van der Waals surface area (Å²) in [6.45, 7) is 1.96. The fraction of sp³-hybridized carbons (Fsp3) is 0.125. The summed E-state index contributed by atoms with van der Waals surface area (Å²) in [5, 5.41) is 24.9. The number of thiazole rings is 1. The molecule has 3 rings (SSSR count). The number of esters is 1. The summed E-state index contributed by atoms with van der Waals surface area (Å²) in [5.41, 5.74) is 0.851. The van der Waals surface area contributed by atoms with Crippen molar-refractivity contribution < 1.29 is 19.0 Å². The number of benzene rings is 1. The van der Waals surface area contributed by atoms with Gasteiger partial charge >= 0.3 is 5.97 Å². The van der Waals surface area contributed by atoms with Crippen LogP contribution in [0.2, 0.25) is 0 Å².